The highest BCUT2D eigenvalue weighted by atomic mass is 16.5. The molecule has 1 aliphatic heterocycles. The van der Waals surface area contributed by atoms with Crippen molar-refractivity contribution in [3.8, 4) is 0 Å². The van der Waals surface area contributed by atoms with Crippen molar-refractivity contribution in [1.29, 1.82) is 0 Å². The SMILES string of the molecule is COC[C@@]1(CC(=O)N(C)C)CCCN1Cc1cncn1C. The van der Waals surface area contributed by atoms with E-state index in [4.69, 9.17) is 4.74 Å². The number of amides is 1. The number of hydrogen-bond acceptors (Lipinski definition) is 4. The van der Waals surface area contributed by atoms with E-state index in [2.05, 4.69) is 9.88 Å². The zero-order chi connectivity index (χ0) is 15.5. The Labute approximate surface area is 126 Å². The van der Waals surface area contributed by atoms with Crippen LogP contribution < -0.4 is 0 Å². The number of methoxy groups -OCH3 is 1. The van der Waals surface area contributed by atoms with Crippen LogP contribution in [0.4, 0.5) is 0 Å². The number of carbonyl (C=O) groups is 1. The molecular formula is C15H26N4O2. The molecule has 1 aromatic rings. The van der Waals surface area contributed by atoms with E-state index in [1.807, 2.05) is 38.2 Å². The largest absolute Gasteiger partial charge is 0.383 e. The molecule has 118 valence electrons. The van der Waals surface area contributed by atoms with Gasteiger partial charge in [-0.15, -0.1) is 0 Å². The molecule has 2 heterocycles. The summed E-state index contributed by atoms with van der Waals surface area (Å²) in [5, 5.41) is 0. The number of aromatic nitrogens is 2. The van der Waals surface area contributed by atoms with Crippen molar-refractivity contribution >= 4 is 5.91 Å². The van der Waals surface area contributed by atoms with Crippen LogP contribution in [0.1, 0.15) is 25.0 Å². The number of ether oxygens (including phenoxy) is 1. The Kier molecular flexibility index (Phi) is 5.00. The van der Waals surface area contributed by atoms with Crippen molar-refractivity contribution in [3.05, 3.63) is 18.2 Å². The summed E-state index contributed by atoms with van der Waals surface area (Å²) in [7, 11) is 7.33. The topological polar surface area (TPSA) is 50.6 Å². The maximum absolute atomic E-state index is 12.2. The van der Waals surface area contributed by atoms with E-state index in [1.54, 1.807) is 12.0 Å². The van der Waals surface area contributed by atoms with Crippen molar-refractivity contribution in [2.45, 2.75) is 31.3 Å². The molecule has 1 aliphatic rings. The molecule has 0 aromatic carbocycles. The first-order valence-corrected chi connectivity index (χ1v) is 7.38. The lowest BCUT2D eigenvalue weighted by molar-refractivity contribution is -0.132. The van der Waals surface area contributed by atoms with Gasteiger partial charge in [0.05, 0.1) is 24.2 Å². The Morgan fingerprint density at radius 1 is 1.52 bits per heavy atom. The van der Waals surface area contributed by atoms with Crippen molar-refractivity contribution in [2.75, 3.05) is 34.4 Å². The highest BCUT2D eigenvalue weighted by molar-refractivity contribution is 5.77. The van der Waals surface area contributed by atoms with E-state index in [9.17, 15) is 4.79 Å². The molecule has 0 saturated carbocycles. The Morgan fingerprint density at radius 2 is 2.29 bits per heavy atom. The molecule has 1 saturated heterocycles. The summed E-state index contributed by atoms with van der Waals surface area (Å²) in [6.45, 7) is 2.39. The normalized spacial score (nSPS) is 22.7. The molecule has 2 rings (SSSR count). The van der Waals surface area contributed by atoms with Crippen molar-refractivity contribution < 1.29 is 9.53 Å². The minimum Gasteiger partial charge on any atom is -0.383 e. The Morgan fingerprint density at radius 3 is 2.86 bits per heavy atom. The number of hydrogen-bond donors (Lipinski definition) is 0. The van der Waals surface area contributed by atoms with Crippen LogP contribution in [0.3, 0.4) is 0 Å². The second-order valence-electron chi connectivity index (χ2n) is 6.14. The van der Waals surface area contributed by atoms with E-state index >= 15 is 0 Å². The van der Waals surface area contributed by atoms with Crippen LogP contribution >= 0.6 is 0 Å². The summed E-state index contributed by atoms with van der Waals surface area (Å²) in [5.41, 5.74) is 0.968. The van der Waals surface area contributed by atoms with Gasteiger partial charge < -0.3 is 14.2 Å². The van der Waals surface area contributed by atoms with Crippen LogP contribution in [0.5, 0.6) is 0 Å². The van der Waals surface area contributed by atoms with Gasteiger partial charge in [-0.2, -0.15) is 0 Å². The van der Waals surface area contributed by atoms with Crippen molar-refractivity contribution in [3.63, 3.8) is 0 Å². The lowest BCUT2D eigenvalue weighted by Gasteiger charge is -2.38. The Hall–Kier alpha value is -1.40. The van der Waals surface area contributed by atoms with E-state index in [0.29, 0.717) is 13.0 Å². The van der Waals surface area contributed by atoms with Gasteiger partial charge in [0.25, 0.3) is 0 Å². The maximum Gasteiger partial charge on any atom is 0.224 e. The van der Waals surface area contributed by atoms with E-state index in [0.717, 1.165) is 31.6 Å². The number of aryl methyl sites for hydroxylation is 1. The molecule has 6 heteroatoms. The van der Waals surface area contributed by atoms with Gasteiger partial charge in [0, 0.05) is 47.4 Å². The fraction of sp³-hybridized carbons (Fsp3) is 0.733. The van der Waals surface area contributed by atoms with Gasteiger partial charge in [-0.25, -0.2) is 4.98 Å². The monoisotopic (exact) mass is 294 g/mol. The van der Waals surface area contributed by atoms with Crippen LogP contribution in [0.15, 0.2) is 12.5 Å². The van der Waals surface area contributed by atoms with Crippen LogP contribution in [-0.2, 0) is 23.1 Å². The molecule has 1 atom stereocenters. The van der Waals surface area contributed by atoms with Gasteiger partial charge in [-0.3, -0.25) is 9.69 Å². The number of rotatable bonds is 6. The molecule has 0 radical (unpaired) electrons. The molecule has 0 unspecified atom stereocenters. The minimum absolute atomic E-state index is 0.156. The molecule has 0 aliphatic carbocycles. The van der Waals surface area contributed by atoms with Gasteiger partial charge >= 0.3 is 0 Å². The highest BCUT2D eigenvalue weighted by Crippen LogP contribution is 2.34. The molecule has 6 nitrogen and oxygen atoms in total. The van der Waals surface area contributed by atoms with Gasteiger partial charge in [-0.1, -0.05) is 0 Å². The molecule has 21 heavy (non-hydrogen) atoms. The zero-order valence-electron chi connectivity index (χ0n) is 13.5. The second-order valence-corrected chi connectivity index (χ2v) is 6.14. The lowest BCUT2D eigenvalue weighted by atomic mass is 9.92. The third-order valence-corrected chi connectivity index (χ3v) is 4.40. The maximum atomic E-state index is 12.2. The van der Waals surface area contributed by atoms with E-state index in [-0.39, 0.29) is 11.4 Å². The number of likely N-dealkylation sites (tertiary alicyclic amines) is 1. The summed E-state index contributed by atoms with van der Waals surface area (Å²) < 4.78 is 7.49. The third-order valence-electron chi connectivity index (χ3n) is 4.40. The van der Waals surface area contributed by atoms with Gasteiger partial charge in [0.15, 0.2) is 0 Å². The summed E-state index contributed by atoms with van der Waals surface area (Å²) in [4.78, 5) is 20.4. The average molecular weight is 294 g/mol. The standard InChI is InChI=1S/C15H26N4O2/c1-17(2)14(20)8-15(11-21-4)6-5-7-19(15)10-13-9-16-12-18(13)3/h9,12H,5-8,10-11H2,1-4H3/t15-/m0/s1. The fourth-order valence-electron chi connectivity index (χ4n) is 3.10. The molecule has 0 spiro atoms. The van der Waals surface area contributed by atoms with Crippen molar-refractivity contribution in [1.82, 2.24) is 19.4 Å². The molecule has 1 aromatic heterocycles. The predicted octanol–water partition coefficient (Wildman–Crippen LogP) is 0.879. The quantitative estimate of drug-likeness (QED) is 0.781. The molecule has 1 amide bonds. The lowest BCUT2D eigenvalue weighted by Crippen LogP contribution is -2.50. The smallest absolute Gasteiger partial charge is 0.224 e. The first-order valence-electron chi connectivity index (χ1n) is 7.38. The average Bonchev–Trinajstić information content (AvgIpc) is 2.99. The van der Waals surface area contributed by atoms with E-state index in [1.165, 1.54) is 0 Å². The van der Waals surface area contributed by atoms with Crippen LogP contribution in [-0.4, -0.2) is 65.2 Å². The van der Waals surface area contributed by atoms with E-state index < -0.39 is 0 Å². The minimum atomic E-state index is -0.194. The van der Waals surface area contributed by atoms with Gasteiger partial charge in [-0.05, 0) is 19.4 Å². The van der Waals surface area contributed by atoms with Gasteiger partial charge in [0.1, 0.15) is 0 Å². The number of imidazole rings is 1. The molecule has 0 N–H and O–H groups in total. The molecule has 0 bridgehead atoms. The number of carbonyl (C=O) groups excluding carboxylic acids is 1. The predicted molar refractivity (Wildman–Crippen MR) is 80.8 cm³/mol. The summed E-state index contributed by atoms with van der Waals surface area (Å²) >= 11 is 0. The van der Waals surface area contributed by atoms with Crippen molar-refractivity contribution in [2.24, 2.45) is 7.05 Å². The number of nitrogens with zero attached hydrogens (tertiary/aromatic N) is 4. The fourth-order valence-corrected chi connectivity index (χ4v) is 3.10. The zero-order valence-corrected chi connectivity index (χ0v) is 13.5. The summed E-state index contributed by atoms with van der Waals surface area (Å²) in [6.07, 6.45) is 6.31. The first kappa shape index (κ1) is 16.0. The van der Waals surface area contributed by atoms with Crippen LogP contribution in [0, 0.1) is 0 Å². The van der Waals surface area contributed by atoms with Crippen LogP contribution in [0.2, 0.25) is 0 Å². The Balaban J connectivity index is 2.17. The van der Waals surface area contributed by atoms with Crippen LogP contribution in [0.25, 0.3) is 0 Å². The van der Waals surface area contributed by atoms with Gasteiger partial charge in [0.2, 0.25) is 5.91 Å². The highest BCUT2D eigenvalue weighted by Gasteiger charge is 2.43. The summed E-state index contributed by atoms with van der Waals surface area (Å²) in [5.74, 6) is 0.156. The molecular weight excluding hydrogens is 268 g/mol. The molecule has 1 fully saturated rings. The Bertz CT molecular complexity index is 486. The second kappa shape index (κ2) is 6.58. The summed E-state index contributed by atoms with van der Waals surface area (Å²) in [6, 6.07) is 0. The first-order chi connectivity index (χ1) is 9.98. The third kappa shape index (κ3) is 3.44.